The molecule has 1 N–H and O–H groups in total. The molecule has 0 unspecified atom stereocenters. The highest BCUT2D eigenvalue weighted by Crippen LogP contribution is 2.38. The van der Waals surface area contributed by atoms with Gasteiger partial charge in [-0.3, -0.25) is 4.79 Å². The highest BCUT2D eigenvalue weighted by Gasteiger charge is 2.24. The lowest BCUT2D eigenvalue weighted by Gasteiger charge is -2.03. The Morgan fingerprint density at radius 1 is 1.04 bits per heavy atom. The average Bonchev–Trinajstić information content (AvgIpc) is 3.15. The molecular weight excluding hydrogens is 300 g/mol. The number of aromatic amines is 1. The summed E-state index contributed by atoms with van der Waals surface area (Å²) in [4.78, 5) is 15.7. The zero-order chi connectivity index (χ0) is 16.7. The van der Waals surface area contributed by atoms with Gasteiger partial charge in [0, 0.05) is 16.5 Å². The molecule has 0 atom stereocenters. The minimum atomic E-state index is 0.0158. The van der Waals surface area contributed by atoms with Gasteiger partial charge in [0.2, 0.25) is 0 Å². The number of nitrogens with one attached hydrogen (secondary N) is 1. The maximum atomic E-state index is 12.3. The monoisotopic (exact) mass is 316 g/mol. The van der Waals surface area contributed by atoms with E-state index < -0.39 is 0 Å². The molecule has 24 heavy (non-hydrogen) atoms. The van der Waals surface area contributed by atoms with Gasteiger partial charge in [0.15, 0.2) is 5.78 Å². The van der Waals surface area contributed by atoms with Crippen molar-refractivity contribution in [2.75, 3.05) is 0 Å². The predicted octanol–water partition coefficient (Wildman–Crippen LogP) is 5.00. The first kappa shape index (κ1) is 14.5. The van der Waals surface area contributed by atoms with Crippen molar-refractivity contribution in [2.45, 2.75) is 13.8 Å². The Morgan fingerprint density at radius 2 is 1.75 bits per heavy atom. The van der Waals surface area contributed by atoms with Crippen molar-refractivity contribution in [1.29, 1.82) is 0 Å². The minimum Gasteiger partial charge on any atom is -0.360 e. The van der Waals surface area contributed by atoms with Crippen LogP contribution in [-0.2, 0) is 0 Å². The van der Waals surface area contributed by atoms with Crippen LogP contribution in [0.25, 0.3) is 33.4 Å². The minimum absolute atomic E-state index is 0.0158. The molecular formula is C20H16N2O2. The van der Waals surface area contributed by atoms with Crippen molar-refractivity contribution < 1.29 is 9.32 Å². The molecule has 4 heteroatoms. The second-order valence-electron chi connectivity index (χ2n) is 5.81. The molecule has 0 amide bonds. The lowest BCUT2D eigenvalue weighted by Crippen LogP contribution is -1.95. The van der Waals surface area contributed by atoms with Gasteiger partial charge in [-0.1, -0.05) is 53.7 Å². The van der Waals surface area contributed by atoms with Crippen molar-refractivity contribution >= 4 is 16.7 Å². The number of ketones is 1. The highest BCUT2D eigenvalue weighted by atomic mass is 16.5. The average molecular weight is 316 g/mol. The summed E-state index contributed by atoms with van der Waals surface area (Å²) in [5.74, 6) is 0.699. The number of carbonyl (C=O) groups excluding carboxylic acids is 1. The van der Waals surface area contributed by atoms with Gasteiger partial charge in [-0.25, -0.2) is 0 Å². The van der Waals surface area contributed by atoms with E-state index in [0.29, 0.717) is 11.3 Å². The summed E-state index contributed by atoms with van der Waals surface area (Å²) in [6.07, 6.45) is 0. The first-order valence-corrected chi connectivity index (χ1v) is 7.80. The lowest BCUT2D eigenvalue weighted by molar-refractivity contribution is 0.102. The maximum absolute atomic E-state index is 12.3. The molecule has 0 aliphatic heterocycles. The second kappa shape index (κ2) is 5.49. The summed E-state index contributed by atoms with van der Waals surface area (Å²) < 4.78 is 5.45. The number of hydrogen-bond acceptors (Lipinski definition) is 3. The molecule has 0 aliphatic carbocycles. The molecule has 4 nitrogen and oxygen atoms in total. The smallest absolute Gasteiger partial charge is 0.162 e. The number of nitrogens with zero attached hydrogens (tertiary/aromatic N) is 1. The number of para-hydroxylation sites is 1. The number of fused-ring (bicyclic) bond motifs is 1. The summed E-state index contributed by atoms with van der Waals surface area (Å²) in [6.45, 7) is 3.45. The number of benzene rings is 2. The molecule has 2 heterocycles. The van der Waals surface area contributed by atoms with Gasteiger partial charge in [0.05, 0.1) is 16.8 Å². The predicted molar refractivity (Wildman–Crippen MR) is 94.0 cm³/mol. The quantitative estimate of drug-likeness (QED) is 0.541. The topological polar surface area (TPSA) is 58.9 Å². The SMILES string of the molecule is CC(=O)c1c(-c2c(-c3ccccc3)noc2C)[nH]c2ccccc12. The number of hydrogen-bond donors (Lipinski definition) is 1. The van der Waals surface area contributed by atoms with Crippen molar-refractivity contribution in [2.24, 2.45) is 0 Å². The van der Waals surface area contributed by atoms with Gasteiger partial charge in [0.1, 0.15) is 11.5 Å². The molecule has 0 radical (unpaired) electrons. The fourth-order valence-corrected chi connectivity index (χ4v) is 3.15. The Morgan fingerprint density at radius 3 is 2.50 bits per heavy atom. The van der Waals surface area contributed by atoms with E-state index >= 15 is 0 Å². The second-order valence-corrected chi connectivity index (χ2v) is 5.81. The van der Waals surface area contributed by atoms with Crippen molar-refractivity contribution in [1.82, 2.24) is 10.1 Å². The van der Waals surface area contributed by atoms with Crippen LogP contribution >= 0.6 is 0 Å². The van der Waals surface area contributed by atoms with E-state index in [2.05, 4.69) is 10.1 Å². The number of aryl methyl sites for hydroxylation is 1. The number of Topliss-reactive ketones (excluding diaryl/α,β-unsaturated/α-hetero) is 1. The van der Waals surface area contributed by atoms with E-state index in [1.54, 1.807) is 6.92 Å². The third-order valence-electron chi connectivity index (χ3n) is 4.22. The number of carbonyl (C=O) groups is 1. The fourth-order valence-electron chi connectivity index (χ4n) is 3.15. The van der Waals surface area contributed by atoms with Crippen LogP contribution in [0.2, 0.25) is 0 Å². The van der Waals surface area contributed by atoms with Crippen LogP contribution in [0.3, 0.4) is 0 Å². The third-order valence-corrected chi connectivity index (χ3v) is 4.22. The summed E-state index contributed by atoms with van der Waals surface area (Å²) >= 11 is 0. The summed E-state index contributed by atoms with van der Waals surface area (Å²) in [5, 5.41) is 5.14. The Hall–Kier alpha value is -3.14. The van der Waals surface area contributed by atoms with Crippen LogP contribution in [0.15, 0.2) is 59.1 Å². The van der Waals surface area contributed by atoms with E-state index in [1.165, 1.54) is 0 Å². The first-order chi connectivity index (χ1) is 11.7. The number of rotatable bonds is 3. The Kier molecular flexibility index (Phi) is 3.31. The summed E-state index contributed by atoms with van der Waals surface area (Å²) in [7, 11) is 0. The molecule has 2 aromatic heterocycles. The molecule has 4 aromatic rings. The lowest BCUT2D eigenvalue weighted by atomic mass is 9.98. The first-order valence-electron chi connectivity index (χ1n) is 7.80. The Labute approximate surface area is 139 Å². The van der Waals surface area contributed by atoms with Gasteiger partial charge < -0.3 is 9.51 Å². The number of H-pyrrole nitrogens is 1. The van der Waals surface area contributed by atoms with E-state index in [0.717, 1.165) is 33.4 Å². The highest BCUT2D eigenvalue weighted by molar-refractivity contribution is 6.13. The molecule has 0 bridgehead atoms. The largest absolute Gasteiger partial charge is 0.360 e. The zero-order valence-electron chi connectivity index (χ0n) is 13.5. The van der Waals surface area contributed by atoms with Gasteiger partial charge in [-0.2, -0.15) is 0 Å². The zero-order valence-corrected chi connectivity index (χ0v) is 13.5. The van der Waals surface area contributed by atoms with Crippen LogP contribution in [0.4, 0.5) is 0 Å². The Balaban J connectivity index is 2.05. The maximum Gasteiger partial charge on any atom is 0.162 e. The molecule has 118 valence electrons. The Bertz CT molecular complexity index is 1040. The number of aromatic nitrogens is 2. The van der Waals surface area contributed by atoms with Crippen LogP contribution in [0.5, 0.6) is 0 Å². The van der Waals surface area contributed by atoms with Gasteiger partial charge in [-0.15, -0.1) is 0 Å². The third kappa shape index (κ3) is 2.15. The van der Waals surface area contributed by atoms with E-state index in [4.69, 9.17) is 4.52 Å². The molecule has 2 aromatic carbocycles. The van der Waals surface area contributed by atoms with Crippen LogP contribution < -0.4 is 0 Å². The fraction of sp³-hybridized carbons (Fsp3) is 0.100. The van der Waals surface area contributed by atoms with Gasteiger partial charge in [-0.05, 0) is 19.9 Å². The van der Waals surface area contributed by atoms with Crippen LogP contribution in [0.1, 0.15) is 23.0 Å². The van der Waals surface area contributed by atoms with Crippen molar-refractivity contribution in [3.8, 4) is 22.5 Å². The van der Waals surface area contributed by atoms with Crippen LogP contribution in [0, 0.1) is 6.92 Å². The van der Waals surface area contributed by atoms with Crippen molar-refractivity contribution in [3.05, 3.63) is 65.9 Å². The molecule has 4 rings (SSSR count). The normalized spacial score (nSPS) is 11.1. The molecule has 0 fully saturated rings. The van der Waals surface area contributed by atoms with Crippen LogP contribution in [-0.4, -0.2) is 15.9 Å². The van der Waals surface area contributed by atoms with Gasteiger partial charge in [0.25, 0.3) is 0 Å². The van der Waals surface area contributed by atoms with Gasteiger partial charge >= 0.3 is 0 Å². The standard InChI is InChI=1S/C20H16N2O2/c1-12(23)17-15-10-6-7-11-16(15)21-20(17)18-13(2)24-22-19(18)14-8-4-3-5-9-14/h3-11,21H,1-2H3. The molecule has 0 saturated carbocycles. The molecule has 0 saturated heterocycles. The summed E-state index contributed by atoms with van der Waals surface area (Å²) in [5.41, 5.74) is 4.90. The van der Waals surface area contributed by atoms with Crippen molar-refractivity contribution in [3.63, 3.8) is 0 Å². The van der Waals surface area contributed by atoms with E-state index in [-0.39, 0.29) is 5.78 Å². The van der Waals surface area contributed by atoms with E-state index in [9.17, 15) is 4.79 Å². The summed E-state index contributed by atoms with van der Waals surface area (Å²) in [6, 6.07) is 17.7. The molecule has 0 spiro atoms. The molecule has 0 aliphatic rings. The van der Waals surface area contributed by atoms with E-state index in [1.807, 2.05) is 61.5 Å².